The fourth-order valence-corrected chi connectivity index (χ4v) is 4.24. The standard InChI is InChI=1S/C23H21N5O/c24-12-19-11-20-21-10-18(13-26-23(21)28(29)22(20)14-25-19)17-6-4-16(5-7-17)15-27-8-2-1-3-9-27/h4-7,10-11,13-14,28H,1-3,8-9,15H2. The van der Waals surface area contributed by atoms with Crippen molar-refractivity contribution < 1.29 is 5.06 Å². The average molecular weight is 383 g/mol. The van der Waals surface area contributed by atoms with Crippen molar-refractivity contribution in [3.8, 4) is 28.3 Å². The van der Waals surface area contributed by atoms with Crippen LogP contribution in [0.25, 0.3) is 22.3 Å². The predicted molar refractivity (Wildman–Crippen MR) is 110 cm³/mol. The molecular weight excluding hydrogens is 362 g/mol. The molecule has 1 fully saturated rings. The lowest BCUT2D eigenvalue weighted by atomic mass is 10.0. The van der Waals surface area contributed by atoms with Gasteiger partial charge >= 0.3 is 0 Å². The number of aromatic nitrogens is 2. The van der Waals surface area contributed by atoms with Crippen LogP contribution in [0.3, 0.4) is 0 Å². The third-order valence-electron chi connectivity index (χ3n) is 5.80. The molecule has 1 atom stereocenters. The zero-order valence-corrected chi connectivity index (χ0v) is 16.1. The summed E-state index contributed by atoms with van der Waals surface area (Å²) in [5.41, 5.74) is 5.68. The van der Waals surface area contributed by atoms with E-state index in [9.17, 15) is 5.21 Å². The third-order valence-corrected chi connectivity index (χ3v) is 5.80. The minimum Gasteiger partial charge on any atom is -0.622 e. The fraction of sp³-hybridized carbons (Fsp3) is 0.261. The van der Waals surface area contributed by atoms with E-state index >= 15 is 0 Å². The van der Waals surface area contributed by atoms with Crippen LogP contribution in [-0.4, -0.2) is 28.0 Å². The Kier molecular flexibility index (Phi) is 4.57. The van der Waals surface area contributed by atoms with E-state index in [2.05, 4.69) is 39.1 Å². The molecule has 0 spiro atoms. The number of pyridine rings is 2. The van der Waals surface area contributed by atoms with E-state index in [4.69, 9.17) is 5.26 Å². The van der Waals surface area contributed by atoms with Gasteiger partial charge in [-0.15, -0.1) is 0 Å². The first-order chi connectivity index (χ1) is 14.2. The Hall–Kier alpha value is -3.11. The molecule has 0 radical (unpaired) electrons. The van der Waals surface area contributed by atoms with Gasteiger partial charge < -0.3 is 5.21 Å². The molecule has 1 saturated heterocycles. The lowest BCUT2D eigenvalue weighted by Gasteiger charge is -2.26. The van der Waals surface area contributed by atoms with E-state index in [0.717, 1.165) is 28.8 Å². The summed E-state index contributed by atoms with van der Waals surface area (Å²) in [4.78, 5) is 11.0. The molecule has 6 heteroatoms. The Morgan fingerprint density at radius 2 is 1.76 bits per heavy atom. The molecule has 0 saturated carbocycles. The highest BCUT2D eigenvalue weighted by Crippen LogP contribution is 2.37. The van der Waals surface area contributed by atoms with Gasteiger partial charge in [-0.3, -0.25) is 9.96 Å². The molecule has 4 heterocycles. The number of nitriles is 1. The zero-order valence-electron chi connectivity index (χ0n) is 16.1. The molecule has 1 unspecified atom stereocenters. The number of piperidine rings is 1. The highest BCUT2D eigenvalue weighted by Gasteiger charge is 2.29. The van der Waals surface area contributed by atoms with Crippen LogP contribution >= 0.6 is 0 Å². The first kappa shape index (κ1) is 18.0. The third kappa shape index (κ3) is 3.30. The van der Waals surface area contributed by atoms with Crippen LogP contribution in [0.2, 0.25) is 0 Å². The Morgan fingerprint density at radius 3 is 2.52 bits per heavy atom. The number of fused-ring (bicyclic) bond motifs is 3. The molecule has 1 aromatic carbocycles. The van der Waals surface area contributed by atoms with Crippen LogP contribution in [0.1, 0.15) is 30.5 Å². The second-order valence-electron chi connectivity index (χ2n) is 7.71. The van der Waals surface area contributed by atoms with Crippen LogP contribution < -0.4 is 5.06 Å². The van der Waals surface area contributed by atoms with Gasteiger partial charge in [-0.05, 0) is 49.2 Å². The molecule has 3 aromatic rings. The number of quaternary nitrogens is 1. The van der Waals surface area contributed by atoms with Crippen LogP contribution in [0.15, 0.2) is 48.8 Å². The quantitative estimate of drug-likeness (QED) is 0.702. The summed E-state index contributed by atoms with van der Waals surface area (Å²) >= 11 is 0. The molecular formula is C23H21N5O. The summed E-state index contributed by atoms with van der Waals surface area (Å²) in [6, 6.07) is 14.3. The van der Waals surface area contributed by atoms with E-state index < -0.39 is 0 Å². The van der Waals surface area contributed by atoms with Gasteiger partial charge in [-0.25, -0.2) is 9.97 Å². The maximum Gasteiger partial charge on any atom is 0.239 e. The number of hydrogen-bond donors (Lipinski definition) is 1. The van der Waals surface area contributed by atoms with Gasteiger partial charge in [0.1, 0.15) is 11.8 Å². The summed E-state index contributed by atoms with van der Waals surface area (Å²) in [7, 11) is 0. The van der Waals surface area contributed by atoms with Gasteiger partial charge in [0.15, 0.2) is 5.69 Å². The number of rotatable bonds is 3. The number of hydrogen-bond acceptors (Lipinski definition) is 5. The van der Waals surface area contributed by atoms with E-state index in [1.54, 1.807) is 12.3 Å². The highest BCUT2D eigenvalue weighted by molar-refractivity contribution is 5.86. The van der Waals surface area contributed by atoms with Crippen LogP contribution in [0.5, 0.6) is 0 Å². The van der Waals surface area contributed by atoms with Crippen molar-refractivity contribution >= 4 is 11.5 Å². The number of nitrogens with zero attached hydrogens (tertiary/aromatic N) is 4. The van der Waals surface area contributed by atoms with Crippen molar-refractivity contribution in [1.29, 1.82) is 5.26 Å². The van der Waals surface area contributed by atoms with Gasteiger partial charge in [-0.1, -0.05) is 30.7 Å². The van der Waals surface area contributed by atoms with Gasteiger partial charge in [0.05, 0.1) is 17.3 Å². The topological polar surface area (TPSA) is 80.3 Å². The van der Waals surface area contributed by atoms with Crippen molar-refractivity contribution in [1.82, 2.24) is 14.9 Å². The van der Waals surface area contributed by atoms with E-state index in [0.29, 0.717) is 17.2 Å². The molecule has 0 amide bonds. The van der Waals surface area contributed by atoms with Crippen molar-refractivity contribution in [2.24, 2.45) is 0 Å². The molecule has 2 aliphatic heterocycles. The van der Waals surface area contributed by atoms with Gasteiger partial charge in [0, 0.05) is 18.3 Å². The largest absolute Gasteiger partial charge is 0.622 e. The van der Waals surface area contributed by atoms with Crippen molar-refractivity contribution in [3.63, 3.8) is 0 Å². The van der Waals surface area contributed by atoms with Crippen LogP contribution in [0.4, 0.5) is 11.5 Å². The van der Waals surface area contributed by atoms with Crippen molar-refractivity contribution in [3.05, 3.63) is 65.3 Å². The number of benzene rings is 1. The maximum atomic E-state index is 12.6. The molecule has 2 aliphatic rings. The summed E-state index contributed by atoms with van der Waals surface area (Å²) in [6.45, 7) is 3.36. The summed E-state index contributed by atoms with van der Waals surface area (Å²) in [6.07, 6.45) is 7.16. The zero-order chi connectivity index (χ0) is 19.8. The molecule has 29 heavy (non-hydrogen) atoms. The van der Waals surface area contributed by atoms with E-state index in [1.165, 1.54) is 44.1 Å². The Balaban J connectivity index is 1.44. The molecule has 6 nitrogen and oxygen atoms in total. The van der Waals surface area contributed by atoms with Gasteiger partial charge in [0.2, 0.25) is 5.82 Å². The normalized spacial score (nSPS) is 18.1. The molecule has 2 aromatic heterocycles. The van der Waals surface area contributed by atoms with Gasteiger partial charge in [-0.2, -0.15) is 5.26 Å². The minimum atomic E-state index is -0.129. The van der Waals surface area contributed by atoms with Crippen molar-refractivity contribution in [2.75, 3.05) is 13.1 Å². The van der Waals surface area contributed by atoms with Crippen molar-refractivity contribution in [2.45, 2.75) is 25.8 Å². The first-order valence-corrected chi connectivity index (χ1v) is 10.00. The molecule has 144 valence electrons. The van der Waals surface area contributed by atoms with Crippen LogP contribution in [0, 0.1) is 16.5 Å². The SMILES string of the molecule is N#Cc1cc2c(cn1)[NH+]([O-])c1ncc(-c3ccc(CN4CCCCC4)cc3)cc1-2. The molecule has 0 bridgehead atoms. The lowest BCUT2D eigenvalue weighted by Crippen LogP contribution is -2.95. The highest BCUT2D eigenvalue weighted by atomic mass is 16.5. The maximum absolute atomic E-state index is 12.6. The average Bonchev–Trinajstić information content (AvgIpc) is 3.06. The van der Waals surface area contributed by atoms with Crippen LogP contribution in [-0.2, 0) is 6.54 Å². The molecule has 5 rings (SSSR count). The first-order valence-electron chi connectivity index (χ1n) is 10.00. The number of nitrogens with one attached hydrogen (secondary N) is 1. The van der Waals surface area contributed by atoms with Gasteiger partial charge in [0.25, 0.3) is 0 Å². The predicted octanol–water partition coefficient (Wildman–Crippen LogP) is 3.33. The monoisotopic (exact) mass is 383 g/mol. The summed E-state index contributed by atoms with van der Waals surface area (Å²) in [5, 5.41) is 21.6. The lowest BCUT2D eigenvalue weighted by molar-refractivity contribution is -0.697. The Labute approximate surface area is 169 Å². The fourth-order valence-electron chi connectivity index (χ4n) is 4.24. The smallest absolute Gasteiger partial charge is 0.239 e. The molecule has 0 aliphatic carbocycles. The second-order valence-corrected chi connectivity index (χ2v) is 7.71. The minimum absolute atomic E-state index is 0.129. The summed E-state index contributed by atoms with van der Waals surface area (Å²) in [5.74, 6) is 0.433. The Morgan fingerprint density at radius 1 is 0.966 bits per heavy atom. The summed E-state index contributed by atoms with van der Waals surface area (Å²) < 4.78 is 0. The Bertz CT molecular complexity index is 1100. The van der Waals surface area contributed by atoms with E-state index in [1.807, 2.05) is 12.1 Å². The molecule has 1 N–H and O–H groups in total. The van der Waals surface area contributed by atoms with E-state index in [-0.39, 0.29) is 5.06 Å². The number of likely N-dealkylation sites (tertiary alicyclic amines) is 1. The second kappa shape index (κ2) is 7.37.